The second kappa shape index (κ2) is 7.39. The van der Waals surface area contributed by atoms with Gasteiger partial charge >= 0.3 is 0 Å². The lowest BCUT2D eigenvalue weighted by Gasteiger charge is -2.08. The quantitative estimate of drug-likeness (QED) is 0.463. The fourth-order valence-electron chi connectivity index (χ4n) is 2.68. The van der Waals surface area contributed by atoms with Crippen LogP contribution in [0.4, 0.5) is 14.6 Å². The highest BCUT2D eigenvalue weighted by Crippen LogP contribution is 2.18. The van der Waals surface area contributed by atoms with Crippen molar-refractivity contribution in [2.24, 2.45) is 0 Å². The van der Waals surface area contributed by atoms with Crippen molar-refractivity contribution < 1.29 is 13.6 Å². The number of halogens is 2. The van der Waals surface area contributed by atoms with E-state index < -0.39 is 11.7 Å². The van der Waals surface area contributed by atoms with Crippen molar-refractivity contribution in [2.75, 3.05) is 5.43 Å². The van der Waals surface area contributed by atoms with Gasteiger partial charge in [0.2, 0.25) is 0 Å². The lowest BCUT2D eigenvalue weighted by molar-refractivity contribution is 0.0958. The van der Waals surface area contributed by atoms with Gasteiger partial charge in [0.15, 0.2) is 11.5 Å². The van der Waals surface area contributed by atoms with Gasteiger partial charge in [-0.1, -0.05) is 24.3 Å². The number of hydrogen-bond acceptors (Lipinski definition) is 5. The summed E-state index contributed by atoms with van der Waals surface area (Å²) in [6.07, 6.45) is 1.74. The van der Waals surface area contributed by atoms with E-state index in [1.807, 2.05) is 0 Å². The summed E-state index contributed by atoms with van der Waals surface area (Å²) in [5.74, 6) is -0.692. The van der Waals surface area contributed by atoms with Gasteiger partial charge in [0.1, 0.15) is 29.3 Å². The van der Waals surface area contributed by atoms with Crippen LogP contribution in [0.2, 0.25) is 0 Å². The van der Waals surface area contributed by atoms with Crippen LogP contribution in [0.25, 0.3) is 11.2 Å². The Morgan fingerprint density at radius 1 is 1.04 bits per heavy atom. The summed E-state index contributed by atoms with van der Waals surface area (Å²) in [6, 6.07) is 11.7. The molecule has 0 radical (unpaired) electrons. The first kappa shape index (κ1) is 17.5. The Labute approximate surface area is 157 Å². The van der Waals surface area contributed by atoms with Crippen molar-refractivity contribution in [3.05, 3.63) is 83.4 Å². The van der Waals surface area contributed by atoms with Crippen LogP contribution in [0.3, 0.4) is 0 Å². The highest BCUT2D eigenvalue weighted by Gasteiger charge is 2.13. The van der Waals surface area contributed by atoms with E-state index in [0.29, 0.717) is 23.4 Å². The van der Waals surface area contributed by atoms with Crippen LogP contribution in [0.5, 0.6) is 0 Å². The molecular weight excluding hydrogens is 366 g/mol. The maximum absolute atomic E-state index is 13.7. The molecule has 3 N–H and O–H groups in total. The van der Waals surface area contributed by atoms with E-state index in [0.717, 1.165) is 5.56 Å². The number of fused-ring (bicyclic) bond motifs is 1. The summed E-state index contributed by atoms with van der Waals surface area (Å²) in [4.78, 5) is 27.8. The number of carbonyl (C=O) groups excluding carboxylic acids is 1. The number of nitrogens with zero attached hydrogens (tertiary/aromatic N) is 3. The lowest BCUT2D eigenvalue weighted by Crippen LogP contribution is -2.30. The summed E-state index contributed by atoms with van der Waals surface area (Å²) in [6.45, 7) is 0. The van der Waals surface area contributed by atoms with E-state index >= 15 is 0 Å². The molecule has 140 valence electrons. The number of amides is 1. The zero-order valence-corrected chi connectivity index (χ0v) is 14.4. The van der Waals surface area contributed by atoms with Crippen molar-refractivity contribution in [2.45, 2.75) is 6.42 Å². The van der Waals surface area contributed by atoms with E-state index in [-0.39, 0.29) is 17.2 Å². The van der Waals surface area contributed by atoms with E-state index in [2.05, 4.69) is 30.8 Å². The van der Waals surface area contributed by atoms with Crippen molar-refractivity contribution in [3.63, 3.8) is 0 Å². The van der Waals surface area contributed by atoms with Gasteiger partial charge in [-0.05, 0) is 29.8 Å². The summed E-state index contributed by atoms with van der Waals surface area (Å²) in [5, 5.41) is 0. The summed E-state index contributed by atoms with van der Waals surface area (Å²) < 4.78 is 26.7. The molecule has 9 heteroatoms. The first-order valence-corrected chi connectivity index (χ1v) is 8.35. The highest BCUT2D eigenvalue weighted by molar-refractivity contribution is 5.95. The molecule has 4 aromatic rings. The Bertz CT molecular complexity index is 1140. The van der Waals surface area contributed by atoms with Gasteiger partial charge in [0.05, 0.1) is 5.56 Å². The van der Waals surface area contributed by atoms with E-state index in [9.17, 15) is 13.6 Å². The first-order valence-electron chi connectivity index (χ1n) is 8.35. The predicted octanol–water partition coefficient (Wildman–Crippen LogP) is 2.98. The van der Waals surface area contributed by atoms with Gasteiger partial charge in [0.25, 0.3) is 5.91 Å². The SMILES string of the molecule is O=C(NNc1ncnc2nc(Cc3ccc(F)cc3)[nH]c12)c1ccccc1F. The van der Waals surface area contributed by atoms with Gasteiger partial charge in [-0.15, -0.1) is 0 Å². The summed E-state index contributed by atoms with van der Waals surface area (Å²) in [5.41, 5.74) is 6.72. The Balaban J connectivity index is 1.53. The monoisotopic (exact) mass is 380 g/mol. The van der Waals surface area contributed by atoms with Gasteiger partial charge in [-0.3, -0.25) is 15.6 Å². The first-order chi connectivity index (χ1) is 13.6. The molecule has 0 saturated carbocycles. The van der Waals surface area contributed by atoms with E-state index in [4.69, 9.17) is 0 Å². The van der Waals surface area contributed by atoms with Crippen LogP contribution < -0.4 is 10.9 Å². The van der Waals surface area contributed by atoms with Crippen LogP contribution in [0.1, 0.15) is 21.7 Å². The van der Waals surface area contributed by atoms with Crippen LogP contribution in [0.15, 0.2) is 54.9 Å². The third kappa shape index (κ3) is 3.63. The maximum Gasteiger partial charge on any atom is 0.272 e. The molecule has 0 spiro atoms. The second-order valence-electron chi connectivity index (χ2n) is 5.97. The average Bonchev–Trinajstić information content (AvgIpc) is 3.11. The number of aromatic nitrogens is 4. The molecule has 2 aromatic carbocycles. The number of rotatable bonds is 5. The number of aromatic amines is 1. The molecule has 4 rings (SSSR count). The molecule has 28 heavy (non-hydrogen) atoms. The molecule has 0 saturated heterocycles. The molecule has 0 aliphatic carbocycles. The third-order valence-electron chi connectivity index (χ3n) is 4.04. The normalized spacial score (nSPS) is 10.8. The Morgan fingerprint density at radius 2 is 1.82 bits per heavy atom. The predicted molar refractivity (Wildman–Crippen MR) is 98.4 cm³/mol. The number of hydrazine groups is 1. The van der Waals surface area contributed by atoms with Crippen molar-refractivity contribution >= 4 is 22.9 Å². The minimum absolute atomic E-state index is 0.0955. The Kier molecular flexibility index (Phi) is 4.63. The second-order valence-corrected chi connectivity index (χ2v) is 5.97. The fraction of sp³-hybridized carbons (Fsp3) is 0.0526. The number of anilines is 1. The molecule has 1 amide bonds. The van der Waals surface area contributed by atoms with Crippen molar-refractivity contribution in [1.29, 1.82) is 0 Å². The zero-order valence-electron chi connectivity index (χ0n) is 14.4. The molecule has 0 atom stereocenters. The molecule has 0 aliphatic heterocycles. The molecule has 0 fully saturated rings. The maximum atomic E-state index is 13.7. The Hall–Kier alpha value is -3.88. The topological polar surface area (TPSA) is 95.6 Å². The molecule has 0 aliphatic rings. The largest absolute Gasteiger partial charge is 0.337 e. The number of imidazole rings is 1. The number of H-pyrrole nitrogens is 1. The average molecular weight is 380 g/mol. The van der Waals surface area contributed by atoms with Crippen LogP contribution in [0, 0.1) is 11.6 Å². The molecule has 0 unspecified atom stereocenters. The number of carbonyl (C=O) groups is 1. The summed E-state index contributed by atoms with van der Waals surface area (Å²) in [7, 11) is 0. The van der Waals surface area contributed by atoms with Crippen LogP contribution in [-0.2, 0) is 6.42 Å². The fourth-order valence-corrected chi connectivity index (χ4v) is 2.68. The standard InChI is InChI=1S/C19H14F2N6O/c20-12-7-5-11(6-8-12)9-15-24-16-17(25-15)22-10-23-18(16)26-27-19(28)13-3-1-2-4-14(13)21/h1-8,10H,9H2,(H,27,28)(H2,22,23,24,25,26). The van der Waals surface area contributed by atoms with Crippen LogP contribution >= 0.6 is 0 Å². The number of hydrogen-bond donors (Lipinski definition) is 3. The lowest BCUT2D eigenvalue weighted by atomic mass is 10.1. The summed E-state index contributed by atoms with van der Waals surface area (Å²) >= 11 is 0. The van der Waals surface area contributed by atoms with Gasteiger partial charge in [0, 0.05) is 6.42 Å². The van der Waals surface area contributed by atoms with Gasteiger partial charge in [-0.25, -0.2) is 23.7 Å². The van der Waals surface area contributed by atoms with E-state index in [1.54, 1.807) is 18.2 Å². The Morgan fingerprint density at radius 3 is 2.61 bits per heavy atom. The third-order valence-corrected chi connectivity index (χ3v) is 4.04. The van der Waals surface area contributed by atoms with Crippen molar-refractivity contribution in [3.8, 4) is 0 Å². The molecule has 0 bridgehead atoms. The smallest absolute Gasteiger partial charge is 0.272 e. The van der Waals surface area contributed by atoms with Gasteiger partial charge in [-0.2, -0.15) is 0 Å². The molecule has 7 nitrogen and oxygen atoms in total. The number of benzene rings is 2. The minimum atomic E-state index is -0.643. The highest BCUT2D eigenvalue weighted by atomic mass is 19.1. The van der Waals surface area contributed by atoms with Gasteiger partial charge < -0.3 is 4.98 Å². The zero-order chi connectivity index (χ0) is 19.5. The molecule has 2 heterocycles. The minimum Gasteiger partial charge on any atom is -0.337 e. The molecular formula is C19H14F2N6O. The molecule has 2 aromatic heterocycles. The van der Waals surface area contributed by atoms with Crippen LogP contribution in [-0.4, -0.2) is 25.8 Å². The van der Waals surface area contributed by atoms with E-state index in [1.165, 1.54) is 36.7 Å². The number of nitrogens with one attached hydrogen (secondary N) is 3. The van der Waals surface area contributed by atoms with Crippen molar-refractivity contribution in [1.82, 2.24) is 25.4 Å².